The summed E-state index contributed by atoms with van der Waals surface area (Å²) in [6, 6.07) is -0.462. The maximum Gasteiger partial charge on any atom is 0.326 e. The van der Waals surface area contributed by atoms with E-state index in [9.17, 15) is 14.4 Å². The Bertz CT molecular complexity index is 445. The highest BCUT2D eigenvalue weighted by Gasteiger charge is 2.22. The molecule has 0 bridgehead atoms. The molecule has 1 rings (SSSR count). The molecule has 0 spiro atoms. The number of hydrogen-bond donors (Lipinski definition) is 4. The van der Waals surface area contributed by atoms with Crippen LogP contribution in [0.1, 0.15) is 6.42 Å². The number of hydrogen-bond acceptors (Lipinski definition) is 4. The number of urea groups is 1. The van der Waals surface area contributed by atoms with E-state index in [0.29, 0.717) is 6.54 Å². The lowest BCUT2D eigenvalue weighted by Gasteiger charge is -2.13. The lowest BCUT2D eigenvalue weighted by atomic mass is 10.2. The van der Waals surface area contributed by atoms with Crippen LogP contribution in [-0.2, 0) is 16.1 Å². The van der Waals surface area contributed by atoms with Crippen LogP contribution in [0.25, 0.3) is 0 Å². The third kappa shape index (κ3) is 5.52. The highest BCUT2D eigenvalue weighted by Crippen LogP contribution is 1.92. The number of carbonyl (C=O) groups is 3. The third-order valence-electron chi connectivity index (χ3n) is 2.17. The first-order valence-corrected chi connectivity index (χ1v) is 5.45. The molecule has 0 saturated heterocycles. The Kier molecular flexibility index (Phi) is 5.33. The number of aromatic nitrogens is 2. The van der Waals surface area contributed by atoms with Gasteiger partial charge in [-0.1, -0.05) is 0 Å². The first-order valence-electron chi connectivity index (χ1n) is 5.45. The summed E-state index contributed by atoms with van der Waals surface area (Å²) >= 11 is 0. The fourth-order valence-electron chi connectivity index (χ4n) is 1.30. The van der Waals surface area contributed by atoms with E-state index in [1.54, 1.807) is 23.1 Å². The predicted molar refractivity (Wildman–Crippen MR) is 62.4 cm³/mol. The van der Waals surface area contributed by atoms with Crippen molar-refractivity contribution in [3.8, 4) is 0 Å². The number of carboxylic acids is 2. The van der Waals surface area contributed by atoms with Gasteiger partial charge in [-0.15, -0.1) is 0 Å². The molecule has 4 N–H and O–H groups in total. The summed E-state index contributed by atoms with van der Waals surface area (Å²) in [7, 11) is 0. The predicted octanol–water partition coefficient (Wildman–Crippen LogP) is -0.890. The van der Waals surface area contributed by atoms with Crippen molar-refractivity contribution in [3.63, 3.8) is 0 Å². The number of carboxylic acid groups (broad SMARTS) is 2. The highest BCUT2D eigenvalue weighted by molar-refractivity contribution is 5.86. The molecule has 0 aliphatic carbocycles. The summed E-state index contributed by atoms with van der Waals surface area (Å²) in [6.07, 6.45) is 2.62. The first kappa shape index (κ1) is 14.5. The van der Waals surface area contributed by atoms with Crippen molar-refractivity contribution in [2.45, 2.75) is 19.0 Å². The zero-order valence-corrected chi connectivity index (χ0v) is 9.94. The lowest BCUT2D eigenvalue weighted by molar-refractivity contribution is -0.145. The molecule has 1 aromatic heterocycles. The zero-order chi connectivity index (χ0) is 14.3. The van der Waals surface area contributed by atoms with Gasteiger partial charge in [0.05, 0.1) is 13.0 Å². The van der Waals surface area contributed by atoms with Crippen LogP contribution in [0, 0.1) is 0 Å². The van der Waals surface area contributed by atoms with Gasteiger partial charge in [-0.25, -0.2) is 9.59 Å². The van der Waals surface area contributed by atoms with Gasteiger partial charge in [0.25, 0.3) is 0 Å². The van der Waals surface area contributed by atoms with Crippen LogP contribution in [0.4, 0.5) is 4.79 Å². The second-order valence-corrected chi connectivity index (χ2v) is 3.66. The molecule has 1 atom stereocenters. The van der Waals surface area contributed by atoms with Crippen LogP contribution in [0.2, 0.25) is 0 Å². The van der Waals surface area contributed by atoms with Crippen molar-refractivity contribution in [1.82, 2.24) is 20.4 Å². The quantitative estimate of drug-likeness (QED) is 0.508. The molecule has 9 heteroatoms. The van der Waals surface area contributed by atoms with E-state index in [4.69, 9.17) is 10.2 Å². The van der Waals surface area contributed by atoms with Crippen LogP contribution in [0.15, 0.2) is 18.5 Å². The standard InChI is InChI=1S/C10H14N4O5/c15-8(16)6-7(9(17)18)13-10(19)11-3-5-14-4-1-2-12-14/h1-2,4,7H,3,5-6H2,(H,15,16)(H,17,18)(H2,11,13,19). The molecule has 0 fully saturated rings. The molecule has 0 aliphatic heterocycles. The fraction of sp³-hybridized carbons (Fsp3) is 0.400. The minimum Gasteiger partial charge on any atom is -0.481 e. The van der Waals surface area contributed by atoms with Crippen LogP contribution in [-0.4, -0.2) is 50.5 Å². The van der Waals surface area contributed by atoms with Gasteiger partial charge in [-0.05, 0) is 6.07 Å². The summed E-state index contributed by atoms with van der Waals surface area (Å²) in [4.78, 5) is 32.5. The Morgan fingerprint density at radius 3 is 2.58 bits per heavy atom. The van der Waals surface area contributed by atoms with Gasteiger partial charge in [0.2, 0.25) is 0 Å². The van der Waals surface area contributed by atoms with Crippen LogP contribution >= 0.6 is 0 Å². The van der Waals surface area contributed by atoms with Crippen molar-refractivity contribution in [2.75, 3.05) is 6.54 Å². The van der Waals surface area contributed by atoms with E-state index in [1.807, 2.05) is 0 Å². The summed E-state index contributed by atoms with van der Waals surface area (Å²) in [5.74, 6) is -2.70. The minimum absolute atomic E-state index is 0.243. The van der Waals surface area contributed by atoms with E-state index in [0.717, 1.165) is 0 Å². The Morgan fingerprint density at radius 1 is 1.32 bits per heavy atom. The van der Waals surface area contributed by atoms with Crippen LogP contribution < -0.4 is 10.6 Å². The summed E-state index contributed by atoms with van der Waals surface area (Å²) < 4.78 is 1.59. The number of nitrogens with one attached hydrogen (secondary N) is 2. The number of carbonyl (C=O) groups excluding carboxylic acids is 1. The summed E-state index contributed by atoms with van der Waals surface area (Å²) in [5.41, 5.74) is 0. The number of nitrogens with zero attached hydrogens (tertiary/aromatic N) is 2. The normalized spacial score (nSPS) is 11.6. The molecule has 0 aliphatic rings. The van der Waals surface area contributed by atoms with Gasteiger partial charge in [0, 0.05) is 18.9 Å². The smallest absolute Gasteiger partial charge is 0.326 e. The monoisotopic (exact) mass is 270 g/mol. The fourth-order valence-corrected chi connectivity index (χ4v) is 1.30. The first-order chi connectivity index (χ1) is 8.99. The lowest BCUT2D eigenvalue weighted by Crippen LogP contribution is -2.47. The number of rotatable bonds is 7. The second-order valence-electron chi connectivity index (χ2n) is 3.66. The number of aliphatic carboxylic acids is 2. The maximum absolute atomic E-state index is 11.4. The molecule has 104 valence electrons. The molecule has 1 heterocycles. The molecule has 1 unspecified atom stereocenters. The van der Waals surface area contributed by atoms with E-state index in [-0.39, 0.29) is 6.54 Å². The average Bonchev–Trinajstić information content (AvgIpc) is 2.80. The van der Waals surface area contributed by atoms with Crippen molar-refractivity contribution in [3.05, 3.63) is 18.5 Å². The maximum atomic E-state index is 11.4. The minimum atomic E-state index is -1.46. The van der Waals surface area contributed by atoms with Gasteiger partial charge in [0.15, 0.2) is 0 Å². The molecular weight excluding hydrogens is 256 g/mol. The molecule has 0 saturated carbocycles. The molecule has 0 radical (unpaired) electrons. The SMILES string of the molecule is O=C(O)CC(NC(=O)NCCn1cccn1)C(=O)O. The van der Waals surface area contributed by atoms with E-state index >= 15 is 0 Å². The van der Waals surface area contributed by atoms with Crippen molar-refractivity contribution < 1.29 is 24.6 Å². The highest BCUT2D eigenvalue weighted by atomic mass is 16.4. The summed E-state index contributed by atoms with van der Waals surface area (Å²) in [6.45, 7) is 0.671. The van der Waals surface area contributed by atoms with Crippen LogP contribution in [0.3, 0.4) is 0 Å². The molecule has 9 nitrogen and oxygen atoms in total. The van der Waals surface area contributed by atoms with Gasteiger partial charge >= 0.3 is 18.0 Å². The van der Waals surface area contributed by atoms with Gasteiger partial charge < -0.3 is 20.8 Å². The van der Waals surface area contributed by atoms with Crippen molar-refractivity contribution >= 4 is 18.0 Å². The Labute approximate surface area is 108 Å². The van der Waals surface area contributed by atoms with Crippen molar-refractivity contribution in [2.24, 2.45) is 0 Å². The Balaban J connectivity index is 2.32. The molecule has 1 aromatic rings. The third-order valence-corrected chi connectivity index (χ3v) is 2.17. The van der Waals surface area contributed by atoms with E-state index in [1.165, 1.54) is 0 Å². The Morgan fingerprint density at radius 2 is 2.05 bits per heavy atom. The second kappa shape index (κ2) is 6.99. The van der Waals surface area contributed by atoms with Gasteiger partial charge in [-0.2, -0.15) is 5.10 Å². The zero-order valence-electron chi connectivity index (χ0n) is 9.94. The van der Waals surface area contributed by atoms with E-state index < -0.39 is 30.4 Å². The largest absolute Gasteiger partial charge is 0.481 e. The average molecular weight is 270 g/mol. The summed E-state index contributed by atoms with van der Waals surface area (Å²) in [5, 5.41) is 25.6. The van der Waals surface area contributed by atoms with E-state index in [2.05, 4.69) is 15.7 Å². The topological polar surface area (TPSA) is 134 Å². The molecule has 2 amide bonds. The van der Waals surface area contributed by atoms with Gasteiger partial charge in [-0.3, -0.25) is 9.48 Å². The molecule has 0 aromatic carbocycles. The van der Waals surface area contributed by atoms with Gasteiger partial charge in [0.1, 0.15) is 6.04 Å². The molecular formula is C10H14N4O5. The van der Waals surface area contributed by atoms with Crippen LogP contribution in [0.5, 0.6) is 0 Å². The molecule has 19 heavy (non-hydrogen) atoms. The Hall–Kier alpha value is -2.58. The van der Waals surface area contributed by atoms with Crippen molar-refractivity contribution in [1.29, 1.82) is 0 Å². The number of amides is 2.